The lowest BCUT2D eigenvalue weighted by Gasteiger charge is -2.09. The first-order chi connectivity index (χ1) is 12.5. The molecule has 2 aromatic carbocycles. The highest BCUT2D eigenvalue weighted by Crippen LogP contribution is 2.26. The molecule has 0 aliphatic heterocycles. The maximum absolute atomic E-state index is 12.3. The molecule has 0 bridgehead atoms. The summed E-state index contributed by atoms with van der Waals surface area (Å²) in [6.07, 6.45) is 0. The van der Waals surface area contributed by atoms with E-state index in [1.165, 1.54) is 11.8 Å². The number of nitrogens with two attached hydrogens (primary N) is 1. The summed E-state index contributed by atoms with van der Waals surface area (Å²) in [6.45, 7) is 3.97. The fraction of sp³-hybridized carbons (Fsp3) is 0.211. The van der Waals surface area contributed by atoms with Crippen LogP contribution in [0.5, 0.6) is 0 Å². The third-order valence-corrected chi connectivity index (χ3v) is 5.06. The molecule has 0 aliphatic rings. The fourth-order valence-electron chi connectivity index (χ4n) is 2.56. The van der Waals surface area contributed by atoms with Crippen molar-refractivity contribution in [3.05, 3.63) is 53.6 Å². The minimum Gasteiger partial charge on any atom is -0.398 e. The molecule has 0 aliphatic carbocycles. The number of aryl methyl sites for hydroxylation is 2. The van der Waals surface area contributed by atoms with Crippen LogP contribution < -0.4 is 11.1 Å². The monoisotopic (exact) mass is 367 g/mol. The number of carbonyl (C=O) groups excluding carboxylic acids is 1. The summed E-state index contributed by atoms with van der Waals surface area (Å²) >= 11 is 1.34. The van der Waals surface area contributed by atoms with E-state index in [1.807, 2.05) is 67.9 Å². The molecule has 0 radical (unpaired) electrons. The minimum absolute atomic E-state index is 0.0764. The van der Waals surface area contributed by atoms with E-state index < -0.39 is 0 Å². The smallest absolute Gasteiger partial charge is 0.234 e. The van der Waals surface area contributed by atoms with E-state index in [-0.39, 0.29) is 11.7 Å². The predicted molar refractivity (Wildman–Crippen MR) is 106 cm³/mol. The molecule has 0 saturated carbocycles. The van der Waals surface area contributed by atoms with Crippen LogP contribution >= 0.6 is 11.8 Å². The second-order valence-corrected chi connectivity index (χ2v) is 7.05. The standard InChI is InChI=1S/C19H21N5OS/c1-12-8-9-13(2)16(10-12)21-17(25)11-26-19-23-22-18(24(19)3)14-6-4-5-7-15(14)20/h4-10H,11,20H2,1-3H3,(H,21,25). The number of aromatic nitrogens is 3. The van der Waals surface area contributed by atoms with E-state index in [4.69, 9.17) is 5.73 Å². The van der Waals surface area contributed by atoms with Gasteiger partial charge in [-0.1, -0.05) is 36.0 Å². The molecule has 7 heteroatoms. The van der Waals surface area contributed by atoms with Crippen LogP contribution in [0.25, 0.3) is 11.4 Å². The lowest BCUT2D eigenvalue weighted by Crippen LogP contribution is -2.15. The van der Waals surface area contributed by atoms with E-state index >= 15 is 0 Å². The zero-order valence-electron chi connectivity index (χ0n) is 15.0. The van der Waals surface area contributed by atoms with Gasteiger partial charge >= 0.3 is 0 Å². The Morgan fingerprint density at radius 1 is 1.19 bits per heavy atom. The Balaban J connectivity index is 1.68. The van der Waals surface area contributed by atoms with Crippen molar-refractivity contribution < 1.29 is 4.79 Å². The van der Waals surface area contributed by atoms with Gasteiger partial charge in [0.1, 0.15) is 0 Å². The van der Waals surface area contributed by atoms with E-state index in [9.17, 15) is 4.79 Å². The molecule has 0 fully saturated rings. The molecule has 6 nitrogen and oxygen atoms in total. The van der Waals surface area contributed by atoms with Crippen LogP contribution in [-0.2, 0) is 11.8 Å². The molecule has 26 heavy (non-hydrogen) atoms. The second kappa shape index (κ2) is 7.61. The first kappa shape index (κ1) is 18.0. The molecular formula is C19H21N5OS. The molecule has 3 N–H and O–H groups in total. The van der Waals surface area contributed by atoms with E-state index in [0.29, 0.717) is 16.7 Å². The van der Waals surface area contributed by atoms with Gasteiger partial charge in [-0.2, -0.15) is 0 Å². The molecule has 1 heterocycles. The highest BCUT2D eigenvalue weighted by Gasteiger charge is 2.14. The van der Waals surface area contributed by atoms with Crippen LogP contribution in [0.1, 0.15) is 11.1 Å². The number of nitrogens with zero attached hydrogens (tertiary/aromatic N) is 3. The average Bonchev–Trinajstić information content (AvgIpc) is 2.97. The van der Waals surface area contributed by atoms with Crippen molar-refractivity contribution in [1.29, 1.82) is 0 Å². The number of hydrogen-bond acceptors (Lipinski definition) is 5. The lowest BCUT2D eigenvalue weighted by molar-refractivity contribution is -0.113. The van der Waals surface area contributed by atoms with Gasteiger partial charge in [0.05, 0.1) is 5.75 Å². The second-order valence-electron chi connectivity index (χ2n) is 6.11. The normalized spacial score (nSPS) is 10.7. The molecule has 0 saturated heterocycles. The summed E-state index contributed by atoms with van der Waals surface area (Å²) in [4.78, 5) is 12.3. The fourth-order valence-corrected chi connectivity index (χ4v) is 3.27. The molecule has 0 spiro atoms. The summed E-state index contributed by atoms with van der Waals surface area (Å²) in [7, 11) is 1.87. The highest BCUT2D eigenvalue weighted by molar-refractivity contribution is 7.99. The highest BCUT2D eigenvalue weighted by atomic mass is 32.2. The number of para-hydroxylation sites is 1. The number of hydrogen-bond donors (Lipinski definition) is 2. The molecule has 1 aromatic heterocycles. The lowest BCUT2D eigenvalue weighted by atomic mass is 10.1. The Labute approximate surface area is 156 Å². The largest absolute Gasteiger partial charge is 0.398 e. The summed E-state index contributed by atoms with van der Waals surface area (Å²) in [5.41, 5.74) is 10.5. The van der Waals surface area contributed by atoms with E-state index in [0.717, 1.165) is 22.4 Å². The van der Waals surface area contributed by atoms with Crippen LogP contribution in [0.2, 0.25) is 0 Å². The number of anilines is 2. The summed E-state index contributed by atoms with van der Waals surface area (Å²) in [5.74, 6) is 0.858. The van der Waals surface area contributed by atoms with Gasteiger partial charge in [0.2, 0.25) is 5.91 Å². The van der Waals surface area contributed by atoms with Crippen molar-refractivity contribution >= 4 is 29.0 Å². The zero-order valence-corrected chi connectivity index (χ0v) is 15.8. The van der Waals surface area contributed by atoms with Gasteiger partial charge in [-0.15, -0.1) is 10.2 Å². The van der Waals surface area contributed by atoms with Crippen molar-refractivity contribution in [2.24, 2.45) is 7.05 Å². The van der Waals surface area contributed by atoms with Crippen LogP contribution in [0.4, 0.5) is 11.4 Å². The Morgan fingerprint density at radius 3 is 2.73 bits per heavy atom. The topological polar surface area (TPSA) is 85.8 Å². The van der Waals surface area contributed by atoms with Gasteiger partial charge < -0.3 is 15.6 Å². The van der Waals surface area contributed by atoms with Gasteiger partial charge in [0.15, 0.2) is 11.0 Å². The molecular weight excluding hydrogens is 346 g/mol. The number of rotatable bonds is 5. The van der Waals surface area contributed by atoms with Crippen molar-refractivity contribution in [2.75, 3.05) is 16.8 Å². The number of thioether (sulfide) groups is 1. The number of benzene rings is 2. The Hall–Kier alpha value is -2.80. The first-order valence-electron chi connectivity index (χ1n) is 8.20. The van der Waals surface area contributed by atoms with Crippen molar-refractivity contribution in [1.82, 2.24) is 14.8 Å². The summed E-state index contributed by atoms with van der Waals surface area (Å²) in [5, 5.41) is 12.0. The number of amides is 1. The molecule has 0 unspecified atom stereocenters. The van der Waals surface area contributed by atoms with Gasteiger partial charge in [0, 0.05) is 24.0 Å². The number of nitrogen functional groups attached to an aromatic ring is 1. The van der Waals surface area contributed by atoms with Crippen molar-refractivity contribution in [2.45, 2.75) is 19.0 Å². The Kier molecular flexibility index (Phi) is 5.27. The van der Waals surface area contributed by atoms with Crippen LogP contribution in [-0.4, -0.2) is 26.4 Å². The molecule has 134 valence electrons. The third kappa shape index (κ3) is 3.88. The molecule has 3 aromatic rings. The quantitative estimate of drug-likeness (QED) is 0.533. The predicted octanol–water partition coefficient (Wildman–Crippen LogP) is 3.41. The van der Waals surface area contributed by atoms with Gasteiger partial charge in [0.25, 0.3) is 0 Å². The van der Waals surface area contributed by atoms with Gasteiger partial charge in [-0.3, -0.25) is 4.79 Å². The number of carbonyl (C=O) groups is 1. The van der Waals surface area contributed by atoms with Crippen LogP contribution in [0.3, 0.4) is 0 Å². The maximum atomic E-state index is 12.3. The van der Waals surface area contributed by atoms with Gasteiger partial charge in [-0.05, 0) is 43.2 Å². The average molecular weight is 367 g/mol. The SMILES string of the molecule is Cc1ccc(C)c(NC(=O)CSc2nnc(-c3ccccc3N)n2C)c1. The molecule has 1 amide bonds. The van der Waals surface area contributed by atoms with Gasteiger partial charge in [-0.25, -0.2) is 0 Å². The van der Waals surface area contributed by atoms with Crippen molar-refractivity contribution in [3.8, 4) is 11.4 Å². The zero-order chi connectivity index (χ0) is 18.7. The van der Waals surface area contributed by atoms with Crippen LogP contribution in [0, 0.1) is 13.8 Å². The first-order valence-corrected chi connectivity index (χ1v) is 9.18. The molecule has 3 rings (SSSR count). The Morgan fingerprint density at radius 2 is 1.96 bits per heavy atom. The maximum Gasteiger partial charge on any atom is 0.234 e. The third-order valence-electron chi connectivity index (χ3n) is 4.04. The summed E-state index contributed by atoms with van der Waals surface area (Å²) in [6, 6.07) is 13.5. The molecule has 0 atom stereocenters. The van der Waals surface area contributed by atoms with Crippen molar-refractivity contribution in [3.63, 3.8) is 0 Å². The number of nitrogens with one attached hydrogen (secondary N) is 1. The van der Waals surface area contributed by atoms with Crippen LogP contribution in [0.15, 0.2) is 47.6 Å². The van der Waals surface area contributed by atoms with E-state index in [1.54, 1.807) is 0 Å². The van der Waals surface area contributed by atoms with E-state index in [2.05, 4.69) is 15.5 Å². The summed E-state index contributed by atoms with van der Waals surface area (Å²) < 4.78 is 1.85. The minimum atomic E-state index is -0.0764. The Bertz CT molecular complexity index is 951.